The molecule has 1 aliphatic rings. The van der Waals surface area contributed by atoms with Crippen molar-refractivity contribution in [3.8, 4) is 11.1 Å². The maximum atomic E-state index is 15.7. The molecule has 268 valence electrons. The summed E-state index contributed by atoms with van der Waals surface area (Å²) in [6.07, 6.45) is 2.39. The highest BCUT2D eigenvalue weighted by atomic mass is 32.2. The van der Waals surface area contributed by atoms with Crippen LogP contribution in [0.15, 0.2) is 72.1 Å². The van der Waals surface area contributed by atoms with E-state index in [2.05, 4.69) is 15.1 Å². The predicted molar refractivity (Wildman–Crippen MR) is 175 cm³/mol. The molecule has 0 bridgehead atoms. The number of carbonyl (C=O) groups is 2. The number of rotatable bonds is 7. The zero-order valence-corrected chi connectivity index (χ0v) is 28.2. The molecule has 51 heavy (non-hydrogen) atoms. The van der Waals surface area contributed by atoms with Crippen LogP contribution in [0.5, 0.6) is 0 Å². The second kappa shape index (κ2) is 13.1. The highest BCUT2D eigenvalue weighted by Gasteiger charge is 2.32. The number of anilines is 1. The second-order valence-electron chi connectivity index (χ2n) is 13.0. The average Bonchev–Trinajstić information content (AvgIpc) is 3.73. The summed E-state index contributed by atoms with van der Waals surface area (Å²) >= 11 is 0. The number of ether oxygens (including phenoxy) is 1. The summed E-state index contributed by atoms with van der Waals surface area (Å²) in [7, 11) is -4.64. The lowest BCUT2D eigenvalue weighted by Crippen LogP contribution is -2.42. The number of benzene rings is 2. The largest absolute Gasteiger partial charge is 0.444 e. The van der Waals surface area contributed by atoms with Gasteiger partial charge in [0.05, 0.1) is 33.9 Å². The first-order chi connectivity index (χ1) is 23.9. The number of aromatic nitrogens is 4. The third-order valence-corrected chi connectivity index (χ3v) is 9.64. The van der Waals surface area contributed by atoms with Crippen molar-refractivity contribution in [3.05, 3.63) is 95.6 Å². The van der Waals surface area contributed by atoms with Gasteiger partial charge in [-0.3, -0.25) is 14.2 Å². The number of nitrogens with zero attached hydrogens (tertiary/aromatic N) is 4. The van der Waals surface area contributed by atoms with Gasteiger partial charge in [-0.2, -0.15) is 18.3 Å². The molecule has 0 unspecified atom stereocenters. The van der Waals surface area contributed by atoms with Gasteiger partial charge in [-0.05, 0) is 76.1 Å². The molecule has 11 nitrogen and oxygen atoms in total. The third-order valence-electron chi connectivity index (χ3n) is 8.26. The third kappa shape index (κ3) is 7.43. The molecule has 2 aromatic carbocycles. The van der Waals surface area contributed by atoms with Crippen LogP contribution >= 0.6 is 0 Å². The van der Waals surface area contributed by atoms with E-state index >= 15 is 8.78 Å². The van der Waals surface area contributed by atoms with Crippen LogP contribution in [-0.4, -0.2) is 63.6 Å². The number of likely N-dealkylation sites (tertiary alicyclic amines) is 1. The van der Waals surface area contributed by atoms with Crippen molar-refractivity contribution in [2.24, 2.45) is 0 Å². The Morgan fingerprint density at radius 1 is 0.980 bits per heavy atom. The van der Waals surface area contributed by atoms with Crippen LogP contribution in [0, 0.1) is 11.6 Å². The molecular weight excluding hydrogens is 699 g/mol. The Morgan fingerprint density at radius 2 is 1.67 bits per heavy atom. The van der Waals surface area contributed by atoms with Crippen LogP contribution < -0.4 is 4.72 Å². The lowest BCUT2D eigenvalue weighted by Gasteiger charge is -2.33. The van der Waals surface area contributed by atoms with Crippen molar-refractivity contribution in [1.29, 1.82) is 0 Å². The first-order valence-electron chi connectivity index (χ1n) is 15.6. The van der Waals surface area contributed by atoms with Gasteiger partial charge in [0.25, 0.3) is 10.0 Å². The van der Waals surface area contributed by atoms with E-state index in [1.54, 1.807) is 48.8 Å². The topological polar surface area (TPSA) is 139 Å². The number of sulfonamides is 1. The first-order valence-corrected chi connectivity index (χ1v) is 17.1. The zero-order valence-electron chi connectivity index (χ0n) is 27.4. The smallest absolute Gasteiger partial charge is 0.416 e. The van der Waals surface area contributed by atoms with Crippen molar-refractivity contribution in [2.75, 3.05) is 17.8 Å². The molecule has 0 saturated carbocycles. The molecular formula is C34H31F5N6O5S. The Balaban J connectivity index is 1.22. The number of nitrogens with one attached hydrogen (secondary N) is 2. The molecule has 0 radical (unpaired) electrons. The standard InChI is InChI=1S/C34H31F5N6O5S/c1-33(2,3)50-32(47)44-12-10-22(11-13-44)45-18-20(16-42-45)19-14-24-25(17-41-31(24)40-15-19)30(46)28-26(35)8-9-27(29(28)36)43-51(48,49)23-6-4-21(5-7-23)34(37,38)39/h4-9,14-18,22,43H,10-13H2,1-3H3,(H,40,41). The van der Waals surface area contributed by atoms with Gasteiger partial charge >= 0.3 is 12.3 Å². The summed E-state index contributed by atoms with van der Waals surface area (Å²) in [6, 6.07) is 5.54. The summed E-state index contributed by atoms with van der Waals surface area (Å²) in [5.74, 6) is -3.90. The van der Waals surface area contributed by atoms with E-state index in [1.165, 1.54) is 12.4 Å². The van der Waals surface area contributed by atoms with E-state index in [0.29, 0.717) is 67.4 Å². The fraction of sp³-hybridized carbons (Fsp3) is 0.294. The number of aromatic amines is 1. The van der Waals surface area contributed by atoms with Crippen LogP contribution in [-0.2, 0) is 20.9 Å². The maximum absolute atomic E-state index is 15.7. The molecule has 1 fully saturated rings. The number of fused-ring (bicyclic) bond motifs is 1. The minimum atomic E-state index is -4.71. The number of ketones is 1. The average molecular weight is 731 g/mol. The minimum Gasteiger partial charge on any atom is -0.444 e. The summed E-state index contributed by atoms with van der Waals surface area (Å²) in [4.78, 5) is 34.3. The van der Waals surface area contributed by atoms with Crippen LogP contribution in [0.25, 0.3) is 22.2 Å². The molecule has 3 aromatic heterocycles. The van der Waals surface area contributed by atoms with Crippen LogP contribution in [0.2, 0.25) is 0 Å². The molecule has 1 aliphatic heterocycles. The fourth-order valence-corrected chi connectivity index (χ4v) is 6.74. The number of piperidine rings is 1. The first kappa shape index (κ1) is 35.5. The highest BCUT2D eigenvalue weighted by molar-refractivity contribution is 7.92. The molecule has 17 heteroatoms. The zero-order chi connectivity index (χ0) is 36.9. The predicted octanol–water partition coefficient (Wildman–Crippen LogP) is 7.33. The van der Waals surface area contributed by atoms with E-state index in [9.17, 15) is 31.2 Å². The number of H-pyrrole nitrogens is 1. The quantitative estimate of drug-likeness (QED) is 0.132. The summed E-state index contributed by atoms with van der Waals surface area (Å²) in [5, 5.41) is 4.72. The van der Waals surface area contributed by atoms with Crippen LogP contribution in [0.1, 0.15) is 61.1 Å². The number of amides is 1. The SMILES string of the molecule is CC(C)(C)OC(=O)N1CCC(n2cc(-c3cnc4[nH]cc(C(=O)c5c(F)ccc(NS(=O)(=O)c6ccc(C(F)(F)F)cc6)c5F)c4c3)cn2)CC1. The van der Waals surface area contributed by atoms with Crippen LogP contribution in [0.4, 0.5) is 32.4 Å². The number of hydrogen-bond acceptors (Lipinski definition) is 7. The van der Waals surface area contributed by atoms with Crippen molar-refractivity contribution >= 4 is 38.6 Å². The number of halogens is 5. The van der Waals surface area contributed by atoms with E-state index in [4.69, 9.17) is 4.74 Å². The molecule has 4 heterocycles. The van der Waals surface area contributed by atoms with E-state index in [0.717, 1.165) is 6.07 Å². The highest BCUT2D eigenvalue weighted by Crippen LogP contribution is 2.33. The van der Waals surface area contributed by atoms with E-state index < -0.39 is 60.9 Å². The maximum Gasteiger partial charge on any atom is 0.416 e. The van der Waals surface area contributed by atoms with Crippen molar-refractivity contribution in [2.45, 2.75) is 56.3 Å². The Kier molecular flexibility index (Phi) is 9.12. The number of pyridine rings is 1. The molecule has 2 N–H and O–H groups in total. The van der Waals surface area contributed by atoms with Gasteiger partial charge in [0, 0.05) is 53.8 Å². The number of carbonyl (C=O) groups excluding carboxylic acids is 2. The van der Waals surface area contributed by atoms with Gasteiger partial charge in [-0.15, -0.1) is 0 Å². The monoisotopic (exact) mass is 730 g/mol. The molecule has 6 rings (SSSR count). The molecule has 1 amide bonds. The van der Waals surface area contributed by atoms with Crippen molar-refractivity contribution in [3.63, 3.8) is 0 Å². The van der Waals surface area contributed by atoms with E-state index in [1.807, 2.05) is 4.72 Å². The van der Waals surface area contributed by atoms with Gasteiger partial charge in [-0.1, -0.05) is 0 Å². The normalized spacial score (nSPS) is 14.5. The summed E-state index contributed by atoms with van der Waals surface area (Å²) in [5.41, 5.74) is -2.25. The van der Waals surface area contributed by atoms with Gasteiger partial charge in [0.1, 0.15) is 17.1 Å². The van der Waals surface area contributed by atoms with Gasteiger partial charge in [-0.25, -0.2) is 27.0 Å². The Labute approximate surface area is 288 Å². The van der Waals surface area contributed by atoms with Crippen LogP contribution in [0.3, 0.4) is 0 Å². The van der Waals surface area contributed by atoms with E-state index in [-0.39, 0.29) is 28.7 Å². The lowest BCUT2D eigenvalue weighted by atomic mass is 10.0. The summed E-state index contributed by atoms with van der Waals surface area (Å²) in [6.45, 7) is 6.39. The summed E-state index contributed by atoms with van der Waals surface area (Å²) < 4.78 is 104. The number of alkyl halides is 3. The molecule has 0 aliphatic carbocycles. The van der Waals surface area contributed by atoms with Crippen molar-refractivity contribution < 1.29 is 44.7 Å². The fourth-order valence-electron chi connectivity index (χ4n) is 5.68. The Bertz CT molecular complexity index is 2240. The van der Waals surface area contributed by atoms with Gasteiger partial charge < -0.3 is 14.6 Å². The second-order valence-corrected chi connectivity index (χ2v) is 14.7. The minimum absolute atomic E-state index is 0.00780. The molecule has 0 spiro atoms. The lowest BCUT2D eigenvalue weighted by molar-refractivity contribution is -0.137. The number of hydrogen-bond donors (Lipinski definition) is 2. The molecule has 5 aromatic rings. The van der Waals surface area contributed by atoms with Crippen molar-refractivity contribution in [1.82, 2.24) is 24.6 Å². The van der Waals surface area contributed by atoms with Gasteiger partial charge in [0.2, 0.25) is 5.78 Å². The van der Waals surface area contributed by atoms with Gasteiger partial charge in [0.15, 0.2) is 5.82 Å². The Morgan fingerprint density at radius 3 is 2.31 bits per heavy atom. The Hall–Kier alpha value is -5.32. The molecule has 1 saturated heterocycles. The molecule has 0 atom stereocenters.